The smallest absolute Gasteiger partial charge is 0.338 e. The zero-order valence-corrected chi connectivity index (χ0v) is 15.4. The van der Waals surface area contributed by atoms with Gasteiger partial charge in [0.25, 0.3) is 5.91 Å². The Bertz CT molecular complexity index is 570. The van der Waals surface area contributed by atoms with Crippen molar-refractivity contribution in [1.82, 2.24) is 5.32 Å². The first kappa shape index (κ1) is 19.3. The van der Waals surface area contributed by atoms with Crippen LogP contribution in [0.1, 0.15) is 63.2 Å². The highest BCUT2D eigenvalue weighted by Gasteiger charge is 2.26. The molecule has 25 heavy (non-hydrogen) atoms. The van der Waals surface area contributed by atoms with E-state index in [4.69, 9.17) is 9.47 Å². The zero-order chi connectivity index (χ0) is 18.2. The molecule has 0 bridgehead atoms. The zero-order valence-electron chi connectivity index (χ0n) is 15.4. The van der Waals surface area contributed by atoms with Crippen molar-refractivity contribution < 1.29 is 19.1 Å². The number of esters is 1. The van der Waals surface area contributed by atoms with Gasteiger partial charge in [0.05, 0.1) is 12.2 Å². The fraction of sp³-hybridized carbons (Fsp3) is 0.600. The molecule has 3 atom stereocenters. The molecule has 1 aliphatic rings. The number of nitrogens with one attached hydrogen (secondary N) is 1. The first-order valence-corrected chi connectivity index (χ1v) is 9.25. The summed E-state index contributed by atoms with van der Waals surface area (Å²) in [7, 11) is 0. The van der Waals surface area contributed by atoms with E-state index in [9.17, 15) is 9.59 Å². The predicted octanol–water partition coefficient (Wildman–Crippen LogP) is 3.72. The summed E-state index contributed by atoms with van der Waals surface area (Å²) in [5, 5.41) is 3.02. The van der Waals surface area contributed by atoms with Crippen molar-refractivity contribution in [2.75, 3.05) is 6.61 Å². The van der Waals surface area contributed by atoms with Gasteiger partial charge in [-0.3, -0.25) is 4.79 Å². The lowest BCUT2D eigenvalue weighted by Crippen LogP contribution is -2.45. The van der Waals surface area contributed by atoms with Crippen LogP contribution in [0.15, 0.2) is 24.3 Å². The van der Waals surface area contributed by atoms with Gasteiger partial charge in [-0.25, -0.2) is 4.79 Å². The van der Waals surface area contributed by atoms with Crippen LogP contribution in [0, 0.1) is 5.92 Å². The van der Waals surface area contributed by atoms with Gasteiger partial charge >= 0.3 is 5.97 Å². The van der Waals surface area contributed by atoms with Gasteiger partial charge in [0, 0.05) is 6.04 Å². The van der Waals surface area contributed by atoms with Gasteiger partial charge in [0.1, 0.15) is 5.75 Å². The van der Waals surface area contributed by atoms with E-state index in [1.165, 1.54) is 6.42 Å². The lowest BCUT2D eigenvalue weighted by Gasteiger charge is -2.30. The monoisotopic (exact) mass is 347 g/mol. The van der Waals surface area contributed by atoms with E-state index in [0.29, 0.717) is 18.1 Å². The molecule has 5 heteroatoms. The van der Waals surface area contributed by atoms with E-state index in [0.717, 1.165) is 31.4 Å². The number of amides is 1. The summed E-state index contributed by atoms with van der Waals surface area (Å²) in [6.45, 7) is 6.44. The molecule has 1 amide bonds. The maximum absolute atomic E-state index is 12.3. The molecule has 1 N–H and O–H groups in total. The number of carbonyl (C=O) groups excluding carboxylic acids is 2. The summed E-state index contributed by atoms with van der Waals surface area (Å²) in [6, 6.07) is 6.96. The Morgan fingerprint density at radius 2 is 1.88 bits per heavy atom. The number of hydrogen-bond donors (Lipinski definition) is 1. The van der Waals surface area contributed by atoms with E-state index in [-0.39, 0.29) is 11.9 Å². The lowest BCUT2D eigenvalue weighted by molar-refractivity contribution is -0.130. The van der Waals surface area contributed by atoms with Crippen LogP contribution in [0.25, 0.3) is 0 Å². The average Bonchev–Trinajstić information content (AvgIpc) is 2.62. The average molecular weight is 347 g/mol. The van der Waals surface area contributed by atoms with E-state index < -0.39 is 12.1 Å². The molecule has 1 aromatic carbocycles. The fourth-order valence-corrected chi connectivity index (χ4v) is 3.02. The Kier molecular flexibility index (Phi) is 7.29. The summed E-state index contributed by atoms with van der Waals surface area (Å²) in [4.78, 5) is 24.5. The van der Waals surface area contributed by atoms with Crippen LogP contribution in [0.2, 0.25) is 0 Å². The molecule has 138 valence electrons. The maximum atomic E-state index is 12.3. The SMILES string of the molecule is CCCOc1ccc(C(=O)O[C@H](C)C(=O)N[C@H]2CCCC[C@@H]2C)cc1. The predicted molar refractivity (Wildman–Crippen MR) is 96.7 cm³/mol. The van der Waals surface area contributed by atoms with E-state index in [2.05, 4.69) is 12.2 Å². The molecule has 0 radical (unpaired) electrons. The van der Waals surface area contributed by atoms with Gasteiger partial charge in [-0.1, -0.05) is 26.7 Å². The highest BCUT2D eigenvalue weighted by Crippen LogP contribution is 2.23. The molecular weight excluding hydrogens is 318 g/mol. The summed E-state index contributed by atoms with van der Waals surface area (Å²) in [5.74, 6) is 0.461. The third-order valence-electron chi connectivity index (χ3n) is 4.66. The number of carbonyl (C=O) groups is 2. The molecule has 2 rings (SSSR count). The summed E-state index contributed by atoms with van der Waals surface area (Å²) in [5.41, 5.74) is 0.412. The maximum Gasteiger partial charge on any atom is 0.338 e. The highest BCUT2D eigenvalue weighted by atomic mass is 16.5. The third kappa shape index (κ3) is 5.76. The van der Waals surface area contributed by atoms with E-state index in [1.807, 2.05) is 6.92 Å². The molecule has 0 spiro atoms. The van der Waals surface area contributed by atoms with Crippen molar-refractivity contribution in [1.29, 1.82) is 0 Å². The second-order valence-corrected chi connectivity index (χ2v) is 6.80. The molecule has 1 saturated carbocycles. The standard InChI is InChI=1S/C20H29NO4/c1-4-13-24-17-11-9-16(10-12-17)20(23)25-15(3)19(22)21-18-8-6-5-7-14(18)2/h9-12,14-15,18H,4-8,13H2,1-3H3,(H,21,22)/t14-,15+,18-/m0/s1. The Morgan fingerprint density at radius 3 is 2.52 bits per heavy atom. The van der Waals surface area contributed by atoms with Gasteiger partial charge in [0.2, 0.25) is 0 Å². The lowest BCUT2D eigenvalue weighted by atomic mass is 9.86. The number of ether oxygens (including phenoxy) is 2. The minimum Gasteiger partial charge on any atom is -0.494 e. The second kappa shape index (κ2) is 9.44. The Labute approximate surface area is 150 Å². The van der Waals surface area contributed by atoms with Crippen LogP contribution in [-0.2, 0) is 9.53 Å². The third-order valence-corrected chi connectivity index (χ3v) is 4.66. The molecule has 0 saturated heterocycles. The van der Waals surface area contributed by atoms with Crippen molar-refractivity contribution in [2.24, 2.45) is 5.92 Å². The molecule has 1 aromatic rings. The highest BCUT2D eigenvalue weighted by molar-refractivity contribution is 5.92. The Hall–Kier alpha value is -2.04. The largest absolute Gasteiger partial charge is 0.494 e. The summed E-state index contributed by atoms with van der Waals surface area (Å²) in [6.07, 6.45) is 4.60. The topological polar surface area (TPSA) is 64.6 Å². The van der Waals surface area contributed by atoms with Gasteiger partial charge < -0.3 is 14.8 Å². The van der Waals surface area contributed by atoms with Crippen molar-refractivity contribution in [3.8, 4) is 5.75 Å². The molecular formula is C20H29NO4. The molecule has 0 aromatic heterocycles. The van der Waals surface area contributed by atoms with Crippen LogP contribution < -0.4 is 10.1 Å². The first-order valence-electron chi connectivity index (χ1n) is 9.25. The van der Waals surface area contributed by atoms with Gasteiger partial charge in [-0.05, 0) is 56.4 Å². The van der Waals surface area contributed by atoms with Gasteiger partial charge in [0.15, 0.2) is 6.10 Å². The van der Waals surface area contributed by atoms with Crippen molar-refractivity contribution in [3.05, 3.63) is 29.8 Å². The van der Waals surface area contributed by atoms with Crippen molar-refractivity contribution in [2.45, 2.75) is 65.0 Å². The molecule has 0 aliphatic heterocycles. The Morgan fingerprint density at radius 1 is 1.20 bits per heavy atom. The van der Waals surface area contributed by atoms with Crippen LogP contribution in [0.3, 0.4) is 0 Å². The number of benzene rings is 1. The minimum atomic E-state index is -0.808. The second-order valence-electron chi connectivity index (χ2n) is 6.80. The molecule has 0 heterocycles. The van der Waals surface area contributed by atoms with Crippen LogP contribution >= 0.6 is 0 Å². The van der Waals surface area contributed by atoms with Gasteiger partial charge in [-0.15, -0.1) is 0 Å². The van der Waals surface area contributed by atoms with Crippen molar-refractivity contribution in [3.63, 3.8) is 0 Å². The molecule has 1 fully saturated rings. The van der Waals surface area contributed by atoms with E-state index in [1.54, 1.807) is 31.2 Å². The number of rotatable bonds is 7. The van der Waals surface area contributed by atoms with Crippen molar-refractivity contribution >= 4 is 11.9 Å². The van der Waals surface area contributed by atoms with Crippen LogP contribution in [0.4, 0.5) is 0 Å². The van der Waals surface area contributed by atoms with Gasteiger partial charge in [-0.2, -0.15) is 0 Å². The summed E-state index contributed by atoms with van der Waals surface area (Å²) >= 11 is 0. The quantitative estimate of drug-likeness (QED) is 0.764. The fourth-order valence-electron chi connectivity index (χ4n) is 3.02. The summed E-state index contributed by atoms with van der Waals surface area (Å²) < 4.78 is 10.8. The first-order chi connectivity index (χ1) is 12.0. The van der Waals surface area contributed by atoms with Crippen LogP contribution in [0.5, 0.6) is 5.75 Å². The molecule has 0 unspecified atom stereocenters. The number of hydrogen-bond acceptors (Lipinski definition) is 4. The molecule has 5 nitrogen and oxygen atoms in total. The van der Waals surface area contributed by atoms with E-state index >= 15 is 0 Å². The minimum absolute atomic E-state index is 0.178. The molecule has 1 aliphatic carbocycles. The van der Waals surface area contributed by atoms with Crippen LogP contribution in [-0.4, -0.2) is 30.6 Å². The Balaban J connectivity index is 1.85. The normalized spacial score (nSPS) is 21.2.